The van der Waals surface area contributed by atoms with E-state index in [9.17, 15) is 4.39 Å². The first kappa shape index (κ1) is 16.9. The van der Waals surface area contributed by atoms with Crippen LogP contribution in [0.25, 0.3) is 10.9 Å². The summed E-state index contributed by atoms with van der Waals surface area (Å²) in [6.07, 6.45) is 6.81. The van der Waals surface area contributed by atoms with Crippen molar-refractivity contribution in [3.05, 3.63) is 58.6 Å². The Balaban J connectivity index is 1.57. The van der Waals surface area contributed by atoms with Crippen LogP contribution >= 0.6 is 15.9 Å². The maximum atomic E-state index is 14.0. The Bertz CT molecular complexity index is 1020. The topological polar surface area (TPSA) is 47.0 Å². The second-order valence-corrected chi connectivity index (χ2v) is 8.37. The van der Waals surface area contributed by atoms with Gasteiger partial charge in [0.25, 0.3) is 0 Å². The van der Waals surface area contributed by atoms with E-state index in [1.54, 1.807) is 18.5 Å². The van der Waals surface area contributed by atoms with E-state index >= 15 is 0 Å². The quantitative estimate of drug-likeness (QED) is 0.562. The summed E-state index contributed by atoms with van der Waals surface area (Å²) >= 11 is 3.49. The van der Waals surface area contributed by atoms with Gasteiger partial charge in [-0.3, -0.25) is 0 Å². The van der Waals surface area contributed by atoms with Crippen LogP contribution in [0.1, 0.15) is 43.7 Å². The molecule has 138 valence electrons. The third-order valence-electron chi connectivity index (χ3n) is 5.67. The van der Waals surface area contributed by atoms with Gasteiger partial charge in [-0.25, -0.2) is 14.4 Å². The normalized spacial score (nSPS) is 20.4. The molecule has 0 unspecified atom stereocenters. The van der Waals surface area contributed by atoms with Crippen molar-refractivity contribution in [2.45, 2.75) is 43.7 Å². The number of nitrogens with one attached hydrogen (secondary N) is 1. The minimum absolute atomic E-state index is 0.0516. The van der Waals surface area contributed by atoms with Crippen molar-refractivity contribution < 1.29 is 9.13 Å². The van der Waals surface area contributed by atoms with E-state index in [1.807, 2.05) is 18.2 Å². The molecular weight excluding hydrogens is 409 g/mol. The van der Waals surface area contributed by atoms with Crippen LogP contribution in [0.5, 0.6) is 5.75 Å². The van der Waals surface area contributed by atoms with Crippen LogP contribution in [0.4, 0.5) is 10.2 Å². The van der Waals surface area contributed by atoms with E-state index in [0.717, 1.165) is 51.8 Å². The summed E-state index contributed by atoms with van der Waals surface area (Å²) in [5.41, 5.74) is 1.56. The Morgan fingerprint density at radius 1 is 1.11 bits per heavy atom. The van der Waals surface area contributed by atoms with E-state index in [2.05, 4.69) is 31.2 Å². The van der Waals surface area contributed by atoms with Crippen molar-refractivity contribution in [3.8, 4) is 5.75 Å². The monoisotopic (exact) mass is 427 g/mol. The van der Waals surface area contributed by atoms with Gasteiger partial charge >= 0.3 is 0 Å². The number of hydrogen-bond acceptors (Lipinski definition) is 4. The van der Waals surface area contributed by atoms with Crippen LogP contribution < -0.4 is 10.1 Å². The number of benzene rings is 2. The van der Waals surface area contributed by atoms with Gasteiger partial charge in [-0.2, -0.15) is 0 Å². The Labute approximate surface area is 165 Å². The minimum Gasteiger partial charge on any atom is -0.487 e. The van der Waals surface area contributed by atoms with Crippen LogP contribution in [0.2, 0.25) is 0 Å². The molecule has 1 spiro atoms. The highest BCUT2D eigenvalue weighted by Gasteiger charge is 2.43. The molecule has 1 aliphatic heterocycles. The summed E-state index contributed by atoms with van der Waals surface area (Å²) < 4.78 is 21.3. The summed E-state index contributed by atoms with van der Waals surface area (Å²) in [4.78, 5) is 8.83. The predicted octanol–water partition coefficient (Wildman–Crippen LogP) is 5.78. The smallest absolute Gasteiger partial charge is 0.137 e. The molecule has 3 aromatic rings. The predicted molar refractivity (Wildman–Crippen MR) is 106 cm³/mol. The van der Waals surface area contributed by atoms with E-state index in [1.165, 1.54) is 18.9 Å². The summed E-state index contributed by atoms with van der Waals surface area (Å²) in [7, 11) is 0. The third-order valence-corrected chi connectivity index (χ3v) is 6.17. The molecule has 0 bridgehead atoms. The van der Waals surface area contributed by atoms with Gasteiger partial charge in [0.1, 0.15) is 29.3 Å². The molecule has 1 N–H and O–H groups in total. The van der Waals surface area contributed by atoms with Crippen molar-refractivity contribution in [1.29, 1.82) is 0 Å². The first-order valence-corrected chi connectivity index (χ1v) is 10.1. The highest BCUT2D eigenvalue weighted by Crippen LogP contribution is 2.48. The molecule has 5 rings (SSSR count). The fraction of sp³-hybridized carbons (Fsp3) is 0.333. The van der Waals surface area contributed by atoms with Gasteiger partial charge in [0, 0.05) is 21.8 Å². The van der Waals surface area contributed by atoms with Crippen LogP contribution in [-0.2, 0) is 0 Å². The van der Waals surface area contributed by atoms with Crippen molar-refractivity contribution >= 4 is 32.7 Å². The molecule has 2 aromatic carbocycles. The Morgan fingerprint density at radius 3 is 2.81 bits per heavy atom. The van der Waals surface area contributed by atoms with E-state index < -0.39 is 0 Å². The largest absolute Gasteiger partial charge is 0.487 e. The second kappa shape index (κ2) is 6.44. The highest BCUT2D eigenvalue weighted by atomic mass is 79.9. The van der Waals surface area contributed by atoms with Crippen LogP contribution in [-0.4, -0.2) is 15.6 Å². The summed E-state index contributed by atoms with van der Waals surface area (Å²) in [6.45, 7) is 0. The first-order valence-electron chi connectivity index (χ1n) is 9.27. The lowest BCUT2D eigenvalue weighted by atomic mass is 9.86. The molecule has 0 saturated heterocycles. The fourth-order valence-electron chi connectivity index (χ4n) is 4.41. The number of anilines is 1. The molecule has 2 heterocycles. The van der Waals surface area contributed by atoms with Crippen LogP contribution in [0.3, 0.4) is 0 Å². The molecule has 1 aliphatic carbocycles. The van der Waals surface area contributed by atoms with Crippen molar-refractivity contribution in [3.63, 3.8) is 0 Å². The standard InChI is InChI=1S/C21H19BrFN3O/c22-13-3-5-15-17(9-13)24-12-25-20(15)26-18-11-21(7-1-2-8-21)27-19-6-4-14(23)10-16(18)19/h3-6,9-10,12,18H,1-2,7-8,11H2,(H,24,25,26)/t18-/m1/s1. The number of rotatable bonds is 2. The van der Waals surface area contributed by atoms with Gasteiger partial charge in [-0.1, -0.05) is 15.9 Å². The van der Waals surface area contributed by atoms with Gasteiger partial charge in [-0.05, 0) is 62.1 Å². The third kappa shape index (κ3) is 3.06. The number of ether oxygens (including phenoxy) is 1. The molecule has 4 nitrogen and oxygen atoms in total. The number of halogens is 2. The first-order chi connectivity index (χ1) is 13.1. The molecule has 1 saturated carbocycles. The average Bonchev–Trinajstić information content (AvgIpc) is 3.10. The molecule has 0 radical (unpaired) electrons. The zero-order valence-corrected chi connectivity index (χ0v) is 16.3. The van der Waals surface area contributed by atoms with Gasteiger partial charge in [0.2, 0.25) is 0 Å². The summed E-state index contributed by atoms with van der Waals surface area (Å²) in [5, 5.41) is 4.51. The zero-order valence-electron chi connectivity index (χ0n) is 14.7. The minimum atomic E-state index is -0.247. The number of fused-ring (bicyclic) bond motifs is 2. The lowest BCUT2D eigenvalue weighted by Gasteiger charge is -2.40. The Morgan fingerprint density at radius 2 is 1.96 bits per heavy atom. The highest BCUT2D eigenvalue weighted by molar-refractivity contribution is 9.10. The Kier molecular flexibility index (Phi) is 4.04. The van der Waals surface area contributed by atoms with Gasteiger partial charge in [0.15, 0.2) is 0 Å². The number of hydrogen-bond donors (Lipinski definition) is 1. The van der Waals surface area contributed by atoms with E-state index in [4.69, 9.17) is 4.74 Å². The molecular formula is C21H19BrFN3O. The summed E-state index contributed by atoms with van der Waals surface area (Å²) in [6, 6.07) is 10.7. The molecule has 1 fully saturated rings. The molecule has 27 heavy (non-hydrogen) atoms. The Hall–Kier alpha value is -2.21. The fourth-order valence-corrected chi connectivity index (χ4v) is 4.76. The van der Waals surface area contributed by atoms with Gasteiger partial charge in [-0.15, -0.1) is 0 Å². The van der Waals surface area contributed by atoms with Crippen molar-refractivity contribution in [2.24, 2.45) is 0 Å². The SMILES string of the molecule is Fc1ccc2c(c1)[C@H](Nc1ncnc3cc(Br)ccc13)CC1(CCCC1)O2. The van der Waals surface area contributed by atoms with Gasteiger partial charge in [0.05, 0.1) is 11.6 Å². The van der Waals surface area contributed by atoms with Crippen LogP contribution in [0, 0.1) is 5.82 Å². The van der Waals surface area contributed by atoms with Crippen molar-refractivity contribution in [2.75, 3.05) is 5.32 Å². The molecule has 6 heteroatoms. The lowest BCUT2D eigenvalue weighted by molar-refractivity contribution is 0.0451. The maximum absolute atomic E-state index is 14.0. The molecule has 1 atom stereocenters. The van der Waals surface area contributed by atoms with Gasteiger partial charge < -0.3 is 10.1 Å². The zero-order chi connectivity index (χ0) is 18.4. The van der Waals surface area contributed by atoms with E-state index in [0.29, 0.717) is 0 Å². The average molecular weight is 428 g/mol. The molecule has 0 amide bonds. The second-order valence-electron chi connectivity index (χ2n) is 7.46. The molecule has 2 aliphatic rings. The number of aromatic nitrogens is 2. The van der Waals surface area contributed by atoms with E-state index in [-0.39, 0.29) is 17.5 Å². The molecule has 1 aromatic heterocycles. The lowest BCUT2D eigenvalue weighted by Crippen LogP contribution is -2.40. The van der Waals surface area contributed by atoms with Crippen LogP contribution in [0.15, 0.2) is 47.2 Å². The number of nitrogens with zero attached hydrogens (tertiary/aromatic N) is 2. The maximum Gasteiger partial charge on any atom is 0.137 e. The van der Waals surface area contributed by atoms with Crippen molar-refractivity contribution in [1.82, 2.24) is 9.97 Å². The summed E-state index contributed by atoms with van der Waals surface area (Å²) in [5.74, 6) is 1.30.